The third-order valence-corrected chi connectivity index (χ3v) is 2.78. The SMILES string of the molecule is CC1(Cc2ccccc2)C(=O)C=C1O. The van der Waals surface area contributed by atoms with Crippen LogP contribution in [0.25, 0.3) is 0 Å². The fraction of sp³-hybridized carbons (Fsp3) is 0.250. The average Bonchev–Trinajstić information content (AvgIpc) is 2.20. The van der Waals surface area contributed by atoms with Crippen LogP contribution in [0, 0.1) is 5.41 Å². The lowest BCUT2D eigenvalue weighted by molar-refractivity contribution is -0.126. The van der Waals surface area contributed by atoms with E-state index in [0.717, 1.165) is 5.56 Å². The molecule has 0 fully saturated rings. The summed E-state index contributed by atoms with van der Waals surface area (Å²) in [6.45, 7) is 1.78. The fourth-order valence-corrected chi connectivity index (χ4v) is 1.67. The summed E-state index contributed by atoms with van der Waals surface area (Å²) in [5, 5.41) is 9.44. The molecule has 1 unspecified atom stereocenters. The second kappa shape index (κ2) is 2.98. The Kier molecular flexibility index (Phi) is 1.92. The molecule has 1 aliphatic rings. The van der Waals surface area contributed by atoms with Gasteiger partial charge in [-0.3, -0.25) is 4.79 Å². The van der Waals surface area contributed by atoms with Crippen LogP contribution in [0.5, 0.6) is 0 Å². The van der Waals surface area contributed by atoms with Gasteiger partial charge in [0.05, 0.1) is 5.41 Å². The molecule has 2 rings (SSSR count). The van der Waals surface area contributed by atoms with Crippen molar-refractivity contribution in [2.45, 2.75) is 13.3 Å². The lowest BCUT2D eigenvalue weighted by Crippen LogP contribution is -2.39. The topological polar surface area (TPSA) is 37.3 Å². The van der Waals surface area contributed by atoms with Crippen molar-refractivity contribution in [3.05, 3.63) is 47.7 Å². The highest BCUT2D eigenvalue weighted by Gasteiger charge is 2.43. The van der Waals surface area contributed by atoms with Crippen molar-refractivity contribution in [1.29, 1.82) is 0 Å². The normalized spacial score (nSPS) is 25.5. The van der Waals surface area contributed by atoms with Crippen LogP contribution in [0.3, 0.4) is 0 Å². The minimum atomic E-state index is -0.679. The molecule has 72 valence electrons. The molecule has 2 heteroatoms. The number of rotatable bonds is 2. The molecule has 0 radical (unpaired) electrons. The Hall–Kier alpha value is -1.57. The van der Waals surface area contributed by atoms with E-state index in [9.17, 15) is 9.90 Å². The first kappa shape index (κ1) is 9.00. The maximum atomic E-state index is 11.3. The molecule has 14 heavy (non-hydrogen) atoms. The van der Waals surface area contributed by atoms with Crippen molar-refractivity contribution in [1.82, 2.24) is 0 Å². The van der Waals surface area contributed by atoms with Crippen LogP contribution >= 0.6 is 0 Å². The van der Waals surface area contributed by atoms with E-state index < -0.39 is 5.41 Å². The van der Waals surface area contributed by atoms with Crippen LogP contribution in [0.15, 0.2) is 42.2 Å². The first-order valence-electron chi connectivity index (χ1n) is 4.62. The highest BCUT2D eigenvalue weighted by molar-refractivity contribution is 6.03. The molecule has 1 aromatic rings. The Morgan fingerprint density at radius 1 is 1.29 bits per heavy atom. The molecule has 0 bridgehead atoms. The summed E-state index contributed by atoms with van der Waals surface area (Å²) in [6, 6.07) is 9.73. The van der Waals surface area contributed by atoms with Crippen molar-refractivity contribution in [3.63, 3.8) is 0 Å². The summed E-state index contributed by atoms with van der Waals surface area (Å²) in [4.78, 5) is 11.3. The molecule has 0 saturated carbocycles. The number of ketones is 1. The summed E-state index contributed by atoms with van der Waals surface area (Å²) >= 11 is 0. The van der Waals surface area contributed by atoms with Gasteiger partial charge in [0.15, 0.2) is 5.78 Å². The number of allylic oxidation sites excluding steroid dienone is 2. The smallest absolute Gasteiger partial charge is 0.172 e. The van der Waals surface area contributed by atoms with E-state index in [-0.39, 0.29) is 11.5 Å². The van der Waals surface area contributed by atoms with Crippen molar-refractivity contribution in [2.24, 2.45) is 5.41 Å². The standard InChI is InChI=1S/C12H12O2/c1-12(10(13)7-11(12)14)8-9-5-3-2-4-6-9/h2-7,13H,8H2,1H3. The van der Waals surface area contributed by atoms with E-state index in [2.05, 4.69) is 0 Å². The van der Waals surface area contributed by atoms with Crippen molar-refractivity contribution >= 4 is 5.78 Å². The predicted octanol–water partition coefficient (Wildman–Crippen LogP) is 2.26. The predicted molar refractivity (Wildman–Crippen MR) is 54.0 cm³/mol. The van der Waals surface area contributed by atoms with Gasteiger partial charge in [0, 0.05) is 6.08 Å². The molecule has 0 spiro atoms. The van der Waals surface area contributed by atoms with Gasteiger partial charge in [0.2, 0.25) is 0 Å². The molecular weight excluding hydrogens is 176 g/mol. The van der Waals surface area contributed by atoms with Gasteiger partial charge in [0.25, 0.3) is 0 Å². The van der Waals surface area contributed by atoms with E-state index in [0.29, 0.717) is 6.42 Å². The van der Waals surface area contributed by atoms with Crippen molar-refractivity contribution in [3.8, 4) is 0 Å². The Balaban J connectivity index is 2.21. The Morgan fingerprint density at radius 3 is 2.43 bits per heavy atom. The maximum absolute atomic E-state index is 11.3. The number of hydrogen-bond acceptors (Lipinski definition) is 2. The first-order chi connectivity index (χ1) is 6.63. The van der Waals surface area contributed by atoms with Gasteiger partial charge in [-0.1, -0.05) is 30.3 Å². The zero-order valence-electron chi connectivity index (χ0n) is 8.03. The van der Waals surface area contributed by atoms with Gasteiger partial charge in [-0.25, -0.2) is 0 Å². The number of aliphatic hydroxyl groups is 1. The second-order valence-electron chi connectivity index (χ2n) is 3.89. The first-order valence-corrected chi connectivity index (χ1v) is 4.62. The van der Waals surface area contributed by atoms with Gasteiger partial charge in [-0.2, -0.15) is 0 Å². The number of hydrogen-bond donors (Lipinski definition) is 1. The summed E-state index contributed by atoms with van der Waals surface area (Å²) in [5.74, 6) is 0.213. The number of aliphatic hydroxyl groups excluding tert-OH is 1. The minimum absolute atomic E-state index is 0.0128. The molecule has 1 atom stereocenters. The summed E-state index contributed by atoms with van der Waals surface area (Å²) < 4.78 is 0. The fourth-order valence-electron chi connectivity index (χ4n) is 1.67. The number of carbonyl (C=O) groups is 1. The Bertz CT molecular complexity index is 392. The lowest BCUT2D eigenvalue weighted by atomic mass is 9.70. The van der Waals surface area contributed by atoms with E-state index in [1.54, 1.807) is 6.92 Å². The zero-order chi connectivity index (χ0) is 10.2. The van der Waals surface area contributed by atoms with E-state index >= 15 is 0 Å². The van der Waals surface area contributed by atoms with Crippen molar-refractivity contribution in [2.75, 3.05) is 0 Å². The van der Waals surface area contributed by atoms with Crippen LogP contribution in [-0.2, 0) is 11.2 Å². The molecule has 1 N–H and O–H groups in total. The highest BCUT2D eigenvalue weighted by atomic mass is 16.3. The third kappa shape index (κ3) is 1.23. The van der Waals surface area contributed by atoms with E-state index in [1.165, 1.54) is 6.08 Å². The largest absolute Gasteiger partial charge is 0.511 e. The minimum Gasteiger partial charge on any atom is -0.511 e. The molecule has 0 aromatic heterocycles. The van der Waals surface area contributed by atoms with Crippen LogP contribution in [0.1, 0.15) is 12.5 Å². The Morgan fingerprint density at radius 2 is 1.93 bits per heavy atom. The van der Waals surface area contributed by atoms with E-state index in [1.807, 2.05) is 30.3 Å². The third-order valence-electron chi connectivity index (χ3n) is 2.78. The van der Waals surface area contributed by atoms with Crippen molar-refractivity contribution < 1.29 is 9.90 Å². The van der Waals surface area contributed by atoms with Crippen LogP contribution in [0.2, 0.25) is 0 Å². The summed E-state index contributed by atoms with van der Waals surface area (Å²) in [7, 11) is 0. The molecular formula is C12H12O2. The second-order valence-corrected chi connectivity index (χ2v) is 3.89. The Labute approximate surface area is 82.9 Å². The van der Waals surface area contributed by atoms with Crippen LogP contribution < -0.4 is 0 Å². The summed E-state index contributed by atoms with van der Waals surface area (Å²) in [6.07, 6.45) is 1.87. The van der Waals surface area contributed by atoms with Gasteiger partial charge >= 0.3 is 0 Å². The number of benzene rings is 1. The molecule has 2 nitrogen and oxygen atoms in total. The summed E-state index contributed by atoms with van der Waals surface area (Å²) in [5.41, 5.74) is 0.393. The zero-order valence-corrected chi connectivity index (χ0v) is 8.03. The average molecular weight is 188 g/mol. The van der Waals surface area contributed by atoms with Gasteiger partial charge in [0.1, 0.15) is 5.76 Å². The molecule has 0 heterocycles. The number of carbonyl (C=O) groups excluding carboxylic acids is 1. The molecule has 1 aliphatic carbocycles. The monoisotopic (exact) mass is 188 g/mol. The molecule has 0 aliphatic heterocycles. The van der Waals surface area contributed by atoms with Crippen LogP contribution in [0.4, 0.5) is 0 Å². The van der Waals surface area contributed by atoms with E-state index in [4.69, 9.17) is 0 Å². The molecule has 0 amide bonds. The maximum Gasteiger partial charge on any atom is 0.172 e. The molecule has 1 aromatic carbocycles. The van der Waals surface area contributed by atoms with Gasteiger partial charge < -0.3 is 5.11 Å². The highest BCUT2D eigenvalue weighted by Crippen LogP contribution is 2.38. The van der Waals surface area contributed by atoms with Gasteiger partial charge in [-0.15, -0.1) is 0 Å². The van der Waals surface area contributed by atoms with Crippen LogP contribution in [-0.4, -0.2) is 10.9 Å². The molecule has 0 saturated heterocycles. The van der Waals surface area contributed by atoms with Gasteiger partial charge in [-0.05, 0) is 18.9 Å². The quantitative estimate of drug-likeness (QED) is 0.773. The lowest BCUT2D eigenvalue weighted by Gasteiger charge is -2.32.